The number of allylic oxidation sites excluding steroid dienone is 2. The first kappa shape index (κ1) is 18.7. The van der Waals surface area contributed by atoms with E-state index in [1.54, 1.807) is 5.56 Å². The Kier molecular flexibility index (Phi) is 7.16. The van der Waals surface area contributed by atoms with Gasteiger partial charge in [-0.2, -0.15) is 0 Å². The van der Waals surface area contributed by atoms with Gasteiger partial charge >= 0.3 is 0 Å². The Morgan fingerprint density at radius 1 is 0.880 bits per heavy atom. The molecule has 0 atom stereocenters. The lowest BCUT2D eigenvalue weighted by Gasteiger charge is -2.37. The second kappa shape index (κ2) is 9.57. The molecule has 2 saturated carbocycles. The number of hydrogen-bond acceptors (Lipinski definition) is 1. The second-order valence-electron chi connectivity index (χ2n) is 8.19. The molecule has 1 aromatic carbocycles. The molecule has 0 aromatic heterocycles. The summed E-state index contributed by atoms with van der Waals surface area (Å²) in [5.74, 6) is 3.67. The zero-order valence-electron chi connectivity index (χ0n) is 16.3. The quantitative estimate of drug-likeness (QED) is 0.513. The smallest absolute Gasteiger partial charge is 0.0716 e. The normalized spacial score (nSPS) is 30.6. The Bertz CT molecular complexity index is 514. The van der Waals surface area contributed by atoms with Gasteiger partial charge < -0.3 is 4.74 Å². The van der Waals surface area contributed by atoms with Crippen molar-refractivity contribution >= 4 is 0 Å². The van der Waals surface area contributed by atoms with Crippen LogP contribution in [0.5, 0.6) is 0 Å². The average Bonchev–Trinajstić information content (AvgIpc) is 2.68. The van der Waals surface area contributed by atoms with Crippen LogP contribution in [-0.2, 0) is 11.3 Å². The van der Waals surface area contributed by atoms with Gasteiger partial charge in [-0.3, -0.25) is 0 Å². The maximum absolute atomic E-state index is 5.50. The van der Waals surface area contributed by atoms with Gasteiger partial charge in [-0.05, 0) is 100 Å². The summed E-state index contributed by atoms with van der Waals surface area (Å²) in [6.45, 7) is 5.76. The summed E-state index contributed by atoms with van der Waals surface area (Å²) in [6, 6.07) is 9.22. The van der Waals surface area contributed by atoms with Gasteiger partial charge in [-0.1, -0.05) is 36.4 Å². The van der Waals surface area contributed by atoms with Crippen molar-refractivity contribution in [3.63, 3.8) is 0 Å². The highest BCUT2D eigenvalue weighted by Crippen LogP contribution is 2.44. The highest BCUT2D eigenvalue weighted by Gasteiger charge is 2.30. The maximum atomic E-state index is 5.50. The number of ether oxygens (including phenoxy) is 1. The highest BCUT2D eigenvalue weighted by molar-refractivity contribution is 5.25. The number of benzene rings is 1. The molecular weight excluding hydrogens is 304 g/mol. The largest absolute Gasteiger partial charge is 0.377 e. The van der Waals surface area contributed by atoms with Gasteiger partial charge in [0.1, 0.15) is 0 Å². The SMILES string of the molecule is CC=CC1CCC(C2CCC(c3ccc(COCC)cc3)CC2)CC1. The molecule has 1 heteroatoms. The lowest BCUT2D eigenvalue weighted by atomic mass is 9.68. The third-order valence-electron chi connectivity index (χ3n) is 6.64. The molecule has 0 radical (unpaired) electrons. The van der Waals surface area contributed by atoms with E-state index in [2.05, 4.69) is 50.3 Å². The first-order valence-electron chi connectivity index (χ1n) is 10.6. The topological polar surface area (TPSA) is 9.23 Å². The zero-order valence-corrected chi connectivity index (χ0v) is 16.3. The molecule has 1 aromatic rings. The van der Waals surface area contributed by atoms with Crippen molar-refractivity contribution in [1.82, 2.24) is 0 Å². The van der Waals surface area contributed by atoms with E-state index in [1.165, 1.54) is 56.9 Å². The molecule has 0 aliphatic heterocycles. The molecule has 25 heavy (non-hydrogen) atoms. The average molecular weight is 341 g/mol. The minimum Gasteiger partial charge on any atom is -0.377 e. The summed E-state index contributed by atoms with van der Waals surface area (Å²) in [6.07, 6.45) is 16.2. The van der Waals surface area contributed by atoms with Gasteiger partial charge in [0.2, 0.25) is 0 Å². The third kappa shape index (κ3) is 5.20. The molecule has 2 aliphatic rings. The summed E-state index contributed by atoms with van der Waals surface area (Å²) in [5.41, 5.74) is 2.85. The fraction of sp³-hybridized carbons (Fsp3) is 0.667. The molecule has 0 heterocycles. The van der Waals surface area contributed by atoms with Gasteiger partial charge in [0.15, 0.2) is 0 Å². The minimum atomic E-state index is 0.749. The zero-order chi connectivity index (χ0) is 17.5. The summed E-state index contributed by atoms with van der Waals surface area (Å²) in [5, 5.41) is 0. The molecule has 0 N–H and O–H groups in total. The van der Waals surface area contributed by atoms with Crippen LogP contribution < -0.4 is 0 Å². The Morgan fingerprint density at radius 3 is 2.04 bits per heavy atom. The number of rotatable bonds is 6. The van der Waals surface area contributed by atoms with E-state index in [0.29, 0.717) is 0 Å². The lowest BCUT2D eigenvalue weighted by molar-refractivity contribution is 0.134. The lowest BCUT2D eigenvalue weighted by Crippen LogP contribution is -2.25. The van der Waals surface area contributed by atoms with Crippen LogP contribution >= 0.6 is 0 Å². The van der Waals surface area contributed by atoms with Crippen LogP contribution in [0, 0.1) is 17.8 Å². The summed E-state index contributed by atoms with van der Waals surface area (Å²) >= 11 is 0. The first-order valence-corrected chi connectivity index (χ1v) is 10.6. The molecule has 0 unspecified atom stereocenters. The summed E-state index contributed by atoms with van der Waals surface area (Å²) in [7, 11) is 0. The molecule has 0 bridgehead atoms. The predicted octanol–water partition coefficient (Wildman–Crippen LogP) is 6.88. The van der Waals surface area contributed by atoms with E-state index in [0.717, 1.165) is 36.9 Å². The van der Waals surface area contributed by atoms with Crippen molar-refractivity contribution in [2.75, 3.05) is 6.61 Å². The fourth-order valence-corrected chi connectivity index (χ4v) is 5.11. The van der Waals surface area contributed by atoms with Crippen molar-refractivity contribution in [3.8, 4) is 0 Å². The monoisotopic (exact) mass is 340 g/mol. The summed E-state index contributed by atoms with van der Waals surface area (Å²) < 4.78 is 5.50. The first-order chi connectivity index (χ1) is 12.3. The number of hydrogen-bond donors (Lipinski definition) is 0. The van der Waals surface area contributed by atoms with Gasteiger partial charge in [-0.15, -0.1) is 0 Å². The summed E-state index contributed by atoms with van der Waals surface area (Å²) in [4.78, 5) is 0. The van der Waals surface area contributed by atoms with Crippen molar-refractivity contribution in [2.45, 2.75) is 77.7 Å². The predicted molar refractivity (Wildman–Crippen MR) is 107 cm³/mol. The van der Waals surface area contributed by atoms with Crippen LogP contribution in [0.1, 0.15) is 82.3 Å². The van der Waals surface area contributed by atoms with Crippen molar-refractivity contribution in [3.05, 3.63) is 47.5 Å². The van der Waals surface area contributed by atoms with Gasteiger partial charge in [0.05, 0.1) is 6.61 Å². The van der Waals surface area contributed by atoms with E-state index in [4.69, 9.17) is 4.74 Å². The van der Waals surface area contributed by atoms with Gasteiger partial charge in [-0.25, -0.2) is 0 Å². The highest BCUT2D eigenvalue weighted by atomic mass is 16.5. The van der Waals surface area contributed by atoms with Crippen LogP contribution in [0.3, 0.4) is 0 Å². The molecule has 3 rings (SSSR count). The Labute approximate surface area is 154 Å². The van der Waals surface area contributed by atoms with E-state index in [-0.39, 0.29) is 0 Å². The fourth-order valence-electron chi connectivity index (χ4n) is 5.11. The van der Waals surface area contributed by atoms with Crippen molar-refractivity contribution < 1.29 is 4.74 Å². The Balaban J connectivity index is 1.45. The molecule has 1 nitrogen and oxygen atoms in total. The molecule has 2 fully saturated rings. The van der Waals surface area contributed by atoms with Crippen LogP contribution in [0.15, 0.2) is 36.4 Å². The van der Waals surface area contributed by atoms with E-state index >= 15 is 0 Å². The van der Waals surface area contributed by atoms with E-state index < -0.39 is 0 Å². The third-order valence-corrected chi connectivity index (χ3v) is 6.64. The van der Waals surface area contributed by atoms with E-state index in [1.807, 2.05) is 0 Å². The van der Waals surface area contributed by atoms with E-state index in [9.17, 15) is 0 Å². The van der Waals surface area contributed by atoms with Crippen LogP contribution in [0.4, 0.5) is 0 Å². The molecule has 0 saturated heterocycles. The van der Waals surface area contributed by atoms with Crippen molar-refractivity contribution in [1.29, 1.82) is 0 Å². The van der Waals surface area contributed by atoms with Gasteiger partial charge in [0, 0.05) is 6.61 Å². The molecule has 0 amide bonds. The van der Waals surface area contributed by atoms with Gasteiger partial charge in [0.25, 0.3) is 0 Å². The minimum absolute atomic E-state index is 0.749. The standard InChI is InChI=1S/C24H36O/c1-3-5-19-6-10-21(11-7-19)23-14-16-24(17-15-23)22-12-8-20(9-13-22)18-25-4-2/h3,5,8-9,12-13,19,21,23-24H,4,6-7,10-11,14-18H2,1-2H3. The van der Waals surface area contributed by atoms with Crippen LogP contribution in [0.25, 0.3) is 0 Å². The Hall–Kier alpha value is -1.08. The molecule has 138 valence electrons. The second-order valence-corrected chi connectivity index (χ2v) is 8.19. The van der Waals surface area contributed by atoms with Crippen LogP contribution in [-0.4, -0.2) is 6.61 Å². The molecule has 0 spiro atoms. The maximum Gasteiger partial charge on any atom is 0.0716 e. The Morgan fingerprint density at radius 2 is 1.48 bits per heavy atom. The van der Waals surface area contributed by atoms with Crippen molar-refractivity contribution in [2.24, 2.45) is 17.8 Å². The van der Waals surface area contributed by atoms with Crippen LogP contribution in [0.2, 0.25) is 0 Å². The molecule has 2 aliphatic carbocycles. The molecular formula is C24H36O.